The summed E-state index contributed by atoms with van der Waals surface area (Å²) < 4.78 is 5.23. The molecule has 0 bridgehead atoms. The van der Waals surface area contributed by atoms with Crippen molar-refractivity contribution in [2.24, 2.45) is 0 Å². The molecule has 1 heterocycles. The van der Waals surface area contributed by atoms with Crippen molar-refractivity contribution in [2.75, 3.05) is 13.7 Å². The van der Waals surface area contributed by atoms with Crippen LogP contribution in [0.1, 0.15) is 36.5 Å². The zero-order chi connectivity index (χ0) is 19.2. The monoisotopic (exact) mass is 366 g/mol. The van der Waals surface area contributed by atoms with Gasteiger partial charge >= 0.3 is 0 Å². The highest BCUT2D eigenvalue weighted by Gasteiger charge is 2.32. The van der Waals surface area contributed by atoms with E-state index in [0.29, 0.717) is 6.04 Å². The summed E-state index contributed by atoms with van der Waals surface area (Å²) in [4.78, 5) is 14.3. The van der Waals surface area contributed by atoms with Gasteiger partial charge in [-0.3, -0.25) is 4.79 Å². The van der Waals surface area contributed by atoms with E-state index in [0.717, 1.165) is 38.1 Å². The number of piperidine rings is 1. The fourth-order valence-corrected chi connectivity index (χ4v) is 3.90. The van der Waals surface area contributed by atoms with Gasteiger partial charge in [-0.15, -0.1) is 0 Å². The molecule has 0 aliphatic carbocycles. The Morgan fingerprint density at radius 2 is 1.78 bits per heavy atom. The predicted molar refractivity (Wildman–Crippen MR) is 109 cm³/mol. The van der Waals surface area contributed by atoms with Gasteiger partial charge in [-0.25, -0.2) is 0 Å². The van der Waals surface area contributed by atoms with Crippen LogP contribution in [-0.2, 0) is 17.8 Å². The molecule has 1 aliphatic rings. The SMILES string of the molecule is COc1ccc(CN[C@H]2CCCN(C(C)=O)[C@H]2Cc2ccc(C)cc2)cc1. The van der Waals surface area contributed by atoms with Crippen LogP contribution in [0, 0.1) is 6.92 Å². The van der Waals surface area contributed by atoms with E-state index in [1.807, 2.05) is 12.1 Å². The lowest BCUT2D eigenvalue weighted by Crippen LogP contribution is -2.56. The first-order valence-corrected chi connectivity index (χ1v) is 9.76. The maximum Gasteiger partial charge on any atom is 0.219 e. The molecule has 2 aromatic rings. The Bertz CT molecular complexity index is 740. The van der Waals surface area contributed by atoms with Crippen molar-refractivity contribution in [3.63, 3.8) is 0 Å². The molecule has 0 saturated carbocycles. The Hall–Kier alpha value is -2.33. The van der Waals surface area contributed by atoms with Crippen molar-refractivity contribution >= 4 is 5.91 Å². The number of carbonyl (C=O) groups excluding carboxylic acids is 1. The standard InChI is InChI=1S/C23H30N2O2/c1-17-6-8-19(9-7-17)15-23-22(5-4-14-25(23)18(2)26)24-16-20-10-12-21(27-3)13-11-20/h6-13,22-24H,4-5,14-16H2,1-3H3/t22-,23-/m0/s1. The summed E-state index contributed by atoms with van der Waals surface area (Å²) >= 11 is 0. The fourth-order valence-electron chi connectivity index (χ4n) is 3.90. The van der Waals surface area contributed by atoms with E-state index >= 15 is 0 Å². The number of hydrogen-bond acceptors (Lipinski definition) is 3. The van der Waals surface area contributed by atoms with Crippen molar-refractivity contribution in [2.45, 2.75) is 51.7 Å². The van der Waals surface area contributed by atoms with Gasteiger partial charge in [-0.2, -0.15) is 0 Å². The summed E-state index contributed by atoms with van der Waals surface area (Å²) in [6.07, 6.45) is 3.03. The molecular weight excluding hydrogens is 336 g/mol. The zero-order valence-corrected chi connectivity index (χ0v) is 16.6. The molecule has 1 aliphatic heterocycles. The number of nitrogens with zero attached hydrogens (tertiary/aromatic N) is 1. The summed E-state index contributed by atoms with van der Waals surface area (Å²) in [6, 6.07) is 17.3. The quantitative estimate of drug-likeness (QED) is 0.847. The van der Waals surface area contributed by atoms with E-state index in [-0.39, 0.29) is 11.9 Å². The van der Waals surface area contributed by atoms with Gasteiger partial charge in [0.1, 0.15) is 5.75 Å². The van der Waals surface area contributed by atoms with Crippen LogP contribution in [0.3, 0.4) is 0 Å². The van der Waals surface area contributed by atoms with Gasteiger partial charge in [0.15, 0.2) is 0 Å². The first-order valence-electron chi connectivity index (χ1n) is 9.76. The number of methoxy groups -OCH3 is 1. The third kappa shape index (κ3) is 5.10. The van der Waals surface area contributed by atoms with Crippen LogP contribution < -0.4 is 10.1 Å². The van der Waals surface area contributed by atoms with Crippen LogP contribution in [0.5, 0.6) is 5.75 Å². The number of likely N-dealkylation sites (tertiary alicyclic amines) is 1. The molecule has 0 radical (unpaired) electrons. The predicted octanol–water partition coefficient (Wildman–Crippen LogP) is 3.72. The van der Waals surface area contributed by atoms with Gasteiger partial charge in [-0.05, 0) is 49.4 Å². The molecule has 4 heteroatoms. The Labute approximate surface area is 162 Å². The molecule has 1 fully saturated rings. The van der Waals surface area contributed by atoms with Gasteiger partial charge in [-0.1, -0.05) is 42.0 Å². The number of ether oxygens (including phenoxy) is 1. The van der Waals surface area contributed by atoms with Crippen LogP contribution in [0.4, 0.5) is 0 Å². The average molecular weight is 367 g/mol. The molecule has 1 N–H and O–H groups in total. The van der Waals surface area contributed by atoms with Gasteiger partial charge in [0, 0.05) is 26.1 Å². The van der Waals surface area contributed by atoms with Crippen molar-refractivity contribution in [3.8, 4) is 5.75 Å². The summed E-state index contributed by atoms with van der Waals surface area (Å²) in [7, 11) is 1.68. The summed E-state index contributed by atoms with van der Waals surface area (Å²) in [5, 5.41) is 3.71. The minimum Gasteiger partial charge on any atom is -0.497 e. The van der Waals surface area contributed by atoms with E-state index in [9.17, 15) is 4.79 Å². The average Bonchev–Trinajstić information content (AvgIpc) is 2.69. The lowest BCUT2D eigenvalue weighted by atomic mass is 9.90. The molecule has 1 saturated heterocycles. The van der Waals surface area contributed by atoms with Gasteiger partial charge < -0.3 is 15.0 Å². The first-order chi connectivity index (χ1) is 13.1. The minimum atomic E-state index is 0.169. The second-order valence-corrected chi connectivity index (χ2v) is 7.45. The maximum absolute atomic E-state index is 12.2. The summed E-state index contributed by atoms with van der Waals surface area (Å²) in [5.74, 6) is 1.04. The molecule has 27 heavy (non-hydrogen) atoms. The smallest absolute Gasteiger partial charge is 0.219 e. The summed E-state index contributed by atoms with van der Waals surface area (Å²) in [5.41, 5.74) is 3.78. The van der Waals surface area contributed by atoms with Crippen molar-refractivity contribution in [1.82, 2.24) is 10.2 Å². The van der Waals surface area contributed by atoms with Crippen LogP contribution in [0.25, 0.3) is 0 Å². The molecule has 144 valence electrons. The highest BCUT2D eigenvalue weighted by molar-refractivity contribution is 5.73. The van der Waals surface area contributed by atoms with Gasteiger partial charge in [0.2, 0.25) is 5.91 Å². The molecule has 0 aromatic heterocycles. The highest BCUT2D eigenvalue weighted by Crippen LogP contribution is 2.23. The van der Waals surface area contributed by atoms with Crippen LogP contribution >= 0.6 is 0 Å². The van der Waals surface area contributed by atoms with E-state index in [4.69, 9.17) is 4.74 Å². The number of nitrogens with one attached hydrogen (secondary N) is 1. The Morgan fingerprint density at radius 3 is 2.41 bits per heavy atom. The number of aryl methyl sites for hydroxylation is 1. The van der Waals surface area contributed by atoms with E-state index in [2.05, 4.69) is 53.5 Å². The number of carbonyl (C=O) groups is 1. The molecule has 3 rings (SSSR count). The maximum atomic E-state index is 12.2. The van der Waals surface area contributed by atoms with Crippen molar-refractivity contribution in [1.29, 1.82) is 0 Å². The first kappa shape index (κ1) is 19.4. The van der Waals surface area contributed by atoms with E-state index < -0.39 is 0 Å². The number of benzene rings is 2. The molecule has 4 nitrogen and oxygen atoms in total. The molecule has 2 atom stereocenters. The normalized spacial score (nSPS) is 19.7. The van der Waals surface area contributed by atoms with Crippen molar-refractivity contribution in [3.05, 3.63) is 65.2 Å². The van der Waals surface area contributed by atoms with Crippen molar-refractivity contribution < 1.29 is 9.53 Å². The third-order valence-corrected chi connectivity index (χ3v) is 5.48. The highest BCUT2D eigenvalue weighted by atomic mass is 16.5. The lowest BCUT2D eigenvalue weighted by Gasteiger charge is -2.41. The number of rotatable bonds is 6. The van der Waals surface area contributed by atoms with E-state index in [1.165, 1.54) is 16.7 Å². The Morgan fingerprint density at radius 1 is 1.11 bits per heavy atom. The molecular formula is C23H30N2O2. The third-order valence-electron chi connectivity index (χ3n) is 5.48. The van der Waals surface area contributed by atoms with Crippen LogP contribution in [0.15, 0.2) is 48.5 Å². The molecule has 2 aromatic carbocycles. The van der Waals surface area contributed by atoms with Crippen LogP contribution in [-0.4, -0.2) is 36.5 Å². The minimum absolute atomic E-state index is 0.169. The second-order valence-electron chi connectivity index (χ2n) is 7.45. The number of hydrogen-bond donors (Lipinski definition) is 1. The topological polar surface area (TPSA) is 41.6 Å². The molecule has 1 amide bonds. The molecule has 0 spiro atoms. The molecule has 0 unspecified atom stereocenters. The Kier molecular flexibility index (Phi) is 6.51. The number of amides is 1. The van der Waals surface area contributed by atoms with E-state index in [1.54, 1.807) is 14.0 Å². The van der Waals surface area contributed by atoms with Crippen LogP contribution in [0.2, 0.25) is 0 Å². The Balaban J connectivity index is 1.71. The zero-order valence-electron chi connectivity index (χ0n) is 16.6. The lowest BCUT2D eigenvalue weighted by molar-refractivity contribution is -0.133. The summed E-state index contributed by atoms with van der Waals surface area (Å²) in [6.45, 7) is 5.44. The van der Waals surface area contributed by atoms with Gasteiger partial charge in [0.05, 0.1) is 13.2 Å². The largest absolute Gasteiger partial charge is 0.497 e. The van der Waals surface area contributed by atoms with Gasteiger partial charge in [0.25, 0.3) is 0 Å². The second kappa shape index (κ2) is 9.05. The fraction of sp³-hybridized carbons (Fsp3) is 0.435.